The van der Waals surface area contributed by atoms with Crippen LogP contribution in [0.5, 0.6) is 5.75 Å². The summed E-state index contributed by atoms with van der Waals surface area (Å²) in [6, 6.07) is 7.96. The van der Waals surface area contributed by atoms with Gasteiger partial charge in [-0.15, -0.1) is 0 Å². The van der Waals surface area contributed by atoms with Crippen LogP contribution in [0.2, 0.25) is 0 Å². The van der Waals surface area contributed by atoms with Gasteiger partial charge in [0, 0.05) is 36.6 Å². The number of rotatable bonds is 2. The summed E-state index contributed by atoms with van der Waals surface area (Å²) >= 11 is 0. The molecule has 0 atom stereocenters. The molecule has 4 nitrogen and oxygen atoms in total. The highest BCUT2D eigenvalue weighted by Crippen LogP contribution is 2.18. The first-order valence-corrected chi connectivity index (χ1v) is 3.75. The van der Waals surface area contributed by atoms with Crippen LogP contribution in [-0.4, -0.2) is 21.2 Å². The summed E-state index contributed by atoms with van der Waals surface area (Å²) in [5.74, 6) is 0.899. The molecule has 70 valence electrons. The van der Waals surface area contributed by atoms with Gasteiger partial charge < -0.3 is 9.64 Å². The fraction of sp³-hybridized carbons (Fsp3) is 0.333. The molecule has 0 unspecified atom stereocenters. The highest BCUT2D eigenvalue weighted by atomic mass is 16.5. The molecule has 1 aromatic rings. The van der Waals surface area contributed by atoms with Gasteiger partial charge in [-0.05, 0) is 12.1 Å². The quantitative estimate of drug-likeness (QED) is 0.649. The SMILES string of the molecule is COc1cccc(N(C)C)c1.N#N. The molecule has 1 aromatic carbocycles. The van der Waals surface area contributed by atoms with Crippen molar-refractivity contribution in [3.05, 3.63) is 24.3 Å². The third-order valence-corrected chi connectivity index (χ3v) is 1.57. The molecular formula is C9H13N3O. The lowest BCUT2D eigenvalue weighted by atomic mass is 10.3. The van der Waals surface area contributed by atoms with Gasteiger partial charge in [0.05, 0.1) is 7.11 Å². The lowest BCUT2D eigenvalue weighted by Crippen LogP contribution is -2.08. The Labute approximate surface area is 78.2 Å². The number of methoxy groups -OCH3 is 1. The van der Waals surface area contributed by atoms with Gasteiger partial charge >= 0.3 is 0 Å². The summed E-state index contributed by atoms with van der Waals surface area (Å²) in [7, 11) is 5.69. The van der Waals surface area contributed by atoms with E-state index in [1.807, 2.05) is 43.3 Å². The average molecular weight is 179 g/mol. The van der Waals surface area contributed by atoms with E-state index in [1.54, 1.807) is 7.11 Å². The van der Waals surface area contributed by atoms with Crippen LogP contribution in [0.15, 0.2) is 24.3 Å². The van der Waals surface area contributed by atoms with Crippen LogP contribution in [0.1, 0.15) is 0 Å². The molecule has 0 saturated carbocycles. The highest BCUT2D eigenvalue weighted by Gasteiger charge is 1.95. The summed E-state index contributed by atoms with van der Waals surface area (Å²) in [6.45, 7) is 0. The third kappa shape index (κ3) is 3.43. The zero-order valence-electron chi connectivity index (χ0n) is 8.06. The number of benzene rings is 1. The summed E-state index contributed by atoms with van der Waals surface area (Å²) in [6.07, 6.45) is 0. The van der Waals surface area contributed by atoms with Gasteiger partial charge in [-0.3, -0.25) is 0 Å². The summed E-state index contributed by atoms with van der Waals surface area (Å²) in [4.78, 5) is 2.04. The van der Waals surface area contributed by atoms with E-state index >= 15 is 0 Å². The first kappa shape index (κ1) is 11.2. The molecule has 0 aromatic heterocycles. The molecule has 1 rings (SSSR count). The van der Waals surface area contributed by atoms with Crippen molar-refractivity contribution in [3.8, 4) is 5.75 Å². The fourth-order valence-corrected chi connectivity index (χ4v) is 0.889. The second kappa shape index (κ2) is 5.84. The monoisotopic (exact) mass is 179 g/mol. The van der Waals surface area contributed by atoms with Crippen LogP contribution in [0, 0.1) is 10.8 Å². The van der Waals surface area contributed by atoms with Crippen molar-refractivity contribution in [2.45, 2.75) is 0 Å². The zero-order chi connectivity index (χ0) is 10.3. The van der Waals surface area contributed by atoms with Gasteiger partial charge in [-0.25, -0.2) is 0 Å². The van der Waals surface area contributed by atoms with Gasteiger partial charge in [-0.2, -0.15) is 0 Å². The van der Waals surface area contributed by atoms with Crippen LogP contribution < -0.4 is 9.64 Å². The van der Waals surface area contributed by atoms with Crippen LogP contribution >= 0.6 is 0 Å². The molecule has 0 heterocycles. The Morgan fingerprint density at radius 2 is 1.85 bits per heavy atom. The Balaban J connectivity index is 0.000000671. The van der Waals surface area contributed by atoms with E-state index in [1.165, 1.54) is 0 Å². The van der Waals surface area contributed by atoms with Crippen molar-refractivity contribution in [3.63, 3.8) is 0 Å². The van der Waals surface area contributed by atoms with Crippen molar-refractivity contribution in [2.24, 2.45) is 0 Å². The number of hydrogen-bond acceptors (Lipinski definition) is 4. The number of nitrogens with zero attached hydrogens (tertiary/aromatic N) is 3. The molecule has 0 saturated heterocycles. The second-order valence-corrected chi connectivity index (χ2v) is 2.60. The molecule has 0 aliphatic carbocycles. The van der Waals surface area contributed by atoms with Crippen LogP contribution in [0.4, 0.5) is 5.69 Å². The van der Waals surface area contributed by atoms with Crippen molar-refractivity contribution < 1.29 is 4.74 Å². The lowest BCUT2D eigenvalue weighted by Gasteiger charge is -2.12. The molecule has 0 amide bonds. The maximum atomic E-state index is 6.00. The summed E-state index contributed by atoms with van der Waals surface area (Å²) in [5.41, 5.74) is 1.16. The zero-order valence-corrected chi connectivity index (χ0v) is 8.06. The summed E-state index contributed by atoms with van der Waals surface area (Å²) < 4.78 is 5.08. The molecule has 0 fully saturated rings. The predicted octanol–water partition coefficient (Wildman–Crippen LogP) is 1.79. The van der Waals surface area contributed by atoms with Crippen LogP contribution in [0.3, 0.4) is 0 Å². The van der Waals surface area contributed by atoms with E-state index in [-0.39, 0.29) is 0 Å². The second-order valence-electron chi connectivity index (χ2n) is 2.60. The minimum atomic E-state index is 0.899. The van der Waals surface area contributed by atoms with E-state index in [2.05, 4.69) is 0 Å². The van der Waals surface area contributed by atoms with E-state index in [9.17, 15) is 0 Å². The molecule has 4 heteroatoms. The van der Waals surface area contributed by atoms with Gasteiger partial charge in [0.1, 0.15) is 5.75 Å². The number of anilines is 1. The molecule has 0 radical (unpaired) electrons. The maximum absolute atomic E-state index is 6.00. The van der Waals surface area contributed by atoms with E-state index in [0.717, 1.165) is 11.4 Å². The standard InChI is InChI=1S/C9H13NO.N2/c1-10(2)8-5-4-6-9(7-8)11-3;1-2/h4-7H,1-3H3;. The molecular weight excluding hydrogens is 166 g/mol. The minimum absolute atomic E-state index is 0.899. The van der Waals surface area contributed by atoms with Crippen LogP contribution in [-0.2, 0) is 0 Å². The molecule has 0 N–H and O–H groups in total. The van der Waals surface area contributed by atoms with Gasteiger partial charge in [0.15, 0.2) is 0 Å². The van der Waals surface area contributed by atoms with Gasteiger partial charge in [0.25, 0.3) is 0 Å². The predicted molar refractivity (Wildman–Crippen MR) is 50.8 cm³/mol. The molecule has 0 bridgehead atoms. The molecule has 0 aliphatic rings. The fourth-order valence-electron chi connectivity index (χ4n) is 0.889. The lowest BCUT2D eigenvalue weighted by molar-refractivity contribution is 0.415. The molecule has 13 heavy (non-hydrogen) atoms. The Bertz CT molecular complexity index is 271. The third-order valence-electron chi connectivity index (χ3n) is 1.57. The molecule has 0 spiro atoms. The Morgan fingerprint density at radius 3 is 2.31 bits per heavy atom. The Morgan fingerprint density at radius 1 is 1.23 bits per heavy atom. The average Bonchev–Trinajstić information content (AvgIpc) is 2.21. The van der Waals surface area contributed by atoms with Gasteiger partial charge in [-0.1, -0.05) is 6.07 Å². The van der Waals surface area contributed by atoms with E-state index in [0.29, 0.717) is 0 Å². The molecule has 0 aliphatic heterocycles. The first-order valence-electron chi connectivity index (χ1n) is 3.75. The van der Waals surface area contributed by atoms with E-state index < -0.39 is 0 Å². The topological polar surface area (TPSA) is 60.0 Å². The van der Waals surface area contributed by atoms with Gasteiger partial charge in [0.2, 0.25) is 0 Å². The number of hydrogen-bond donors (Lipinski definition) is 0. The van der Waals surface area contributed by atoms with Crippen LogP contribution in [0.25, 0.3) is 0 Å². The van der Waals surface area contributed by atoms with E-state index in [4.69, 9.17) is 15.5 Å². The summed E-state index contributed by atoms with van der Waals surface area (Å²) in [5, 5.41) is 12.0. The highest BCUT2D eigenvalue weighted by molar-refractivity contribution is 5.49. The number of ether oxygens (including phenoxy) is 1. The van der Waals surface area contributed by atoms with Crippen molar-refractivity contribution in [1.82, 2.24) is 0 Å². The van der Waals surface area contributed by atoms with Crippen molar-refractivity contribution in [2.75, 3.05) is 26.1 Å². The largest absolute Gasteiger partial charge is 0.497 e. The normalized spacial score (nSPS) is 8.08. The first-order chi connectivity index (χ1) is 6.24. The minimum Gasteiger partial charge on any atom is -0.497 e. The Hall–Kier alpha value is -1.76. The van der Waals surface area contributed by atoms with Crippen molar-refractivity contribution in [1.29, 1.82) is 10.8 Å². The maximum Gasteiger partial charge on any atom is 0.120 e. The van der Waals surface area contributed by atoms with Crippen molar-refractivity contribution >= 4 is 5.69 Å². The Kier molecular flexibility index (Phi) is 5.05. The smallest absolute Gasteiger partial charge is 0.120 e.